The van der Waals surface area contributed by atoms with Gasteiger partial charge in [0.1, 0.15) is 5.82 Å². The van der Waals surface area contributed by atoms with E-state index in [2.05, 4.69) is 4.72 Å². The van der Waals surface area contributed by atoms with E-state index in [9.17, 15) is 12.8 Å². The number of sulfonamides is 1. The molecule has 0 fully saturated rings. The van der Waals surface area contributed by atoms with E-state index in [1.54, 1.807) is 19.2 Å². The van der Waals surface area contributed by atoms with Gasteiger partial charge in [0.2, 0.25) is 10.0 Å². The highest BCUT2D eigenvalue weighted by atomic mass is 35.5. The zero-order valence-electron chi connectivity index (χ0n) is 13.2. The van der Waals surface area contributed by atoms with Gasteiger partial charge in [-0.25, -0.2) is 17.5 Å². The summed E-state index contributed by atoms with van der Waals surface area (Å²) in [5.41, 5.74) is 0.882. The Labute approximate surface area is 145 Å². The molecule has 0 spiro atoms. The Kier molecular flexibility index (Phi) is 6.04. The van der Waals surface area contributed by atoms with Crippen LogP contribution < -0.4 is 14.2 Å². The van der Waals surface area contributed by atoms with E-state index in [0.29, 0.717) is 17.9 Å². The van der Waals surface area contributed by atoms with Gasteiger partial charge >= 0.3 is 0 Å². The summed E-state index contributed by atoms with van der Waals surface area (Å²) < 4.78 is 50.3. The molecule has 0 bridgehead atoms. The van der Waals surface area contributed by atoms with Crippen molar-refractivity contribution in [2.24, 2.45) is 0 Å². The zero-order chi connectivity index (χ0) is 17.7. The number of halogens is 2. The number of benzene rings is 2. The summed E-state index contributed by atoms with van der Waals surface area (Å²) in [4.78, 5) is -0.0822. The SMILES string of the molecule is COc1ccc(CCNS(=O)(=O)c2ccc(F)c(Cl)c2)cc1OC. The number of hydrogen-bond acceptors (Lipinski definition) is 4. The molecule has 8 heteroatoms. The van der Waals surface area contributed by atoms with Crippen LogP contribution in [0.15, 0.2) is 41.3 Å². The number of ether oxygens (including phenoxy) is 2. The van der Waals surface area contributed by atoms with Crippen molar-refractivity contribution in [3.05, 3.63) is 52.8 Å². The summed E-state index contributed by atoms with van der Waals surface area (Å²) in [6.45, 7) is 0.173. The molecule has 0 amide bonds. The smallest absolute Gasteiger partial charge is 0.240 e. The number of hydrogen-bond donors (Lipinski definition) is 1. The van der Waals surface area contributed by atoms with Gasteiger partial charge in [0, 0.05) is 6.54 Å². The third-order valence-corrected chi connectivity index (χ3v) is 5.10. The zero-order valence-corrected chi connectivity index (χ0v) is 14.7. The third-order valence-electron chi connectivity index (χ3n) is 3.36. The molecule has 0 aliphatic carbocycles. The second-order valence-electron chi connectivity index (χ2n) is 4.91. The van der Waals surface area contributed by atoms with Crippen LogP contribution in [0, 0.1) is 5.82 Å². The van der Waals surface area contributed by atoms with Crippen molar-refractivity contribution in [3.63, 3.8) is 0 Å². The van der Waals surface area contributed by atoms with Gasteiger partial charge in [0.05, 0.1) is 24.1 Å². The Balaban J connectivity index is 2.04. The molecule has 0 heterocycles. The molecule has 0 saturated heterocycles. The average Bonchev–Trinajstić information content (AvgIpc) is 2.56. The molecule has 0 atom stereocenters. The third kappa shape index (κ3) is 4.37. The summed E-state index contributed by atoms with van der Waals surface area (Å²) in [5, 5.41) is -0.238. The van der Waals surface area contributed by atoms with Gasteiger partial charge in [-0.15, -0.1) is 0 Å². The van der Waals surface area contributed by atoms with Gasteiger partial charge in [0.25, 0.3) is 0 Å². The Morgan fingerprint density at radius 3 is 2.42 bits per heavy atom. The van der Waals surface area contributed by atoms with E-state index in [1.807, 2.05) is 6.07 Å². The molecule has 2 rings (SSSR count). The molecule has 2 aromatic carbocycles. The monoisotopic (exact) mass is 373 g/mol. The molecular formula is C16H17ClFNO4S. The highest BCUT2D eigenvalue weighted by Gasteiger charge is 2.15. The minimum absolute atomic E-state index is 0.0822. The molecule has 0 unspecified atom stereocenters. The van der Waals surface area contributed by atoms with Crippen molar-refractivity contribution < 1.29 is 22.3 Å². The first-order valence-electron chi connectivity index (χ1n) is 7.03. The maximum Gasteiger partial charge on any atom is 0.240 e. The highest BCUT2D eigenvalue weighted by Crippen LogP contribution is 2.27. The van der Waals surface area contributed by atoms with Crippen LogP contribution in [0.1, 0.15) is 5.56 Å². The lowest BCUT2D eigenvalue weighted by molar-refractivity contribution is 0.354. The normalized spacial score (nSPS) is 11.3. The van der Waals surface area contributed by atoms with Crippen molar-refractivity contribution in [3.8, 4) is 11.5 Å². The molecule has 0 aromatic heterocycles. The van der Waals surface area contributed by atoms with Gasteiger partial charge in [-0.2, -0.15) is 0 Å². The van der Waals surface area contributed by atoms with Gasteiger partial charge in [0.15, 0.2) is 11.5 Å². The summed E-state index contributed by atoms with van der Waals surface area (Å²) >= 11 is 5.62. The molecule has 0 aliphatic rings. The first kappa shape index (κ1) is 18.5. The van der Waals surface area contributed by atoms with Crippen LogP contribution in [0.4, 0.5) is 4.39 Å². The quantitative estimate of drug-likeness (QED) is 0.810. The van der Waals surface area contributed by atoms with Crippen molar-refractivity contribution >= 4 is 21.6 Å². The van der Waals surface area contributed by atoms with E-state index >= 15 is 0 Å². The molecule has 0 saturated carbocycles. The summed E-state index contributed by atoms with van der Waals surface area (Å²) in [6, 6.07) is 8.62. The summed E-state index contributed by atoms with van der Waals surface area (Å²) in [6.07, 6.45) is 0.453. The minimum Gasteiger partial charge on any atom is -0.493 e. The van der Waals surface area contributed by atoms with Gasteiger partial charge in [-0.3, -0.25) is 0 Å². The standard InChI is InChI=1S/C16H17ClFNO4S/c1-22-15-6-3-11(9-16(15)23-2)7-8-19-24(20,21)12-4-5-14(18)13(17)10-12/h3-6,9-10,19H,7-8H2,1-2H3. The van der Waals surface area contributed by atoms with Crippen LogP contribution in [-0.4, -0.2) is 29.2 Å². The second kappa shape index (κ2) is 7.83. The molecule has 0 radical (unpaired) electrons. The first-order valence-corrected chi connectivity index (χ1v) is 8.89. The predicted molar refractivity (Wildman–Crippen MR) is 89.8 cm³/mol. The highest BCUT2D eigenvalue weighted by molar-refractivity contribution is 7.89. The van der Waals surface area contributed by atoms with Crippen LogP contribution in [-0.2, 0) is 16.4 Å². The van der Waals surface area contributed by atoms with Crippen molar-refractivity contribution in [1.82, 2.24) is 4.72 Å². The molecule has 1 N–H and O–H groups in total. The van der Waals surface area contributed by atoms with Gasteiger partial charge < -0.3 is 9.47 Å². The Bertz CT molecular complexity index is 827. The van der Waals surface area contributed by atoms with Gasteiger partial charge in [-0.1, -0.05) is 17.7 Å². The number of methoxy groups -OCH3 is 2. The van der Waals surface area contributed by atoms with Gasteiger partial charge in [-0.05, 0) is 42.3 Å². The van der Waals surface area contributed by atoms with Crippen LogP contribution >= 0.6 is 11.6 Å². The maximum atomic E-state index is 13.1. The van der Waals surface area contributed by atoms with Crippen LogP contribution in [0.25, 0.3) is 0 Å². The molecule has 0 aliphatic heterocycles. The van der Waals surface area contributed by atoms with E-state index in [4.69, 9.17) is 21.1 Å². The fourth-order valence-corrected chi connectivity index (χ4v) is 3.40. The second-order valence-corrected chi connectivity index (χ2v) is 7.09. The molecule has 5 nitrogen and oxygen atoms in total. The molecule has 130 valence electrons. The maximum absolute atomic E-state index is 13.1. The van der Waals surface area contributed by atoms with E-state index in [1.165, 1.54) is 13.2 Å². The van der Waals surface area contributed by atoms with Crippen molar-refractivity contribution in [2.75, 3.05) is 20.8 Å². The number of rotatable bonds is 7. The fraction of sp³-hybridized carbons (Fsp3) is 0.250. The Hall–Kier alpha value is -1.83. The number of nitrogens with one attached hydrogen (secondary N) is 1. The Morgan fingerprint density at radius 2 is 1.79 bits per heavy atom. The van der Waals surface area contributed by atoms with Crippen LogP contribution in [0.2, 0.25) is 5.02 Å². The fourth-order valence-electron chi connectivity index (χ4n) is 2.09. The summed E-state index contributed by atoms with van der Waals surface area (Å²) in [5.74, 6) is 0.506. The minimum atomic E-state index is -3.76. The largest absolute Gasteiger partial charge is 0.493 e. The lowest BCUT2D eigenvalue weighted by atomic mass is 10.1. The predicted octanol–water partition coefficient (Wildman–Crippen LogP) is 3.02. The first-order chi connectivity index (χ1) is 11.4. The van der Waals surface area contributed by atoms with Crippen molar-refractivity contribution in [1.29, 1.82) is 0 Å². The molecule has 24 heavy (non-hydrogen) atoms. The molecule has 2 aromatic rings. The van der Waals surface area contributed by atoms with Crippen LogP contribution in [0.5, 0.6) is 11.5 Å². The molecular weight excluding hydrogens is 357 g/mol. The topological polar surface area (TPSA) is 64.6 Å². The van der Waals surface area contributed by atoms with E-state index in [-0.39, 0.29) is 16.5 Å². The summed E-state index contributed by atoms with van der Waals surface area (Å²) in [7, 11) is -0.684. The van der Waals surface area contributed by atoms with Crippen LogP contribution in [0.3, 0.4) is 0 Å². The van der Waals surface area contributed by atoms with E-state index < -0.39 is 15.8 Å². The van der Waals surface area contributed by atoms with Crippen molar-refractivity contribution in [2.45, 2.75) is 11.3 Å². The van der Waals surface area contributed by atoms with E-state index in [0.717, 1.165) is 17.7 Å². The lowest BCUT2D eigenvalue weighted by Gasteiger charge is -2.10. The lowest BCUT2D eigenvalue weighted by Crippen LogP contribution is -2.26. The Morgan fingerprint density at radius 1 is 1.08 bits per heavy atom. The average molecular weight is 374 g/mol.